The number of nitriles is 1. The lowest BCUT2D eigenvalue weighted by atomic mass is 10.1. The van der Waals surface area contributed by atoms with Crippen molar-refractivity contribution in [2.45, 2.75) is 6.54 Å². The highest BCUT2D eigenvalue weighted by Gasteiger charge is 2.11. The van der Waals surface area contributed by atoms with Gasteiger partial charge in [0.1, 0.15) is 11.6 Å². The summed E-state index contributed by atoms with van der Waals surface area (Å²) in [6.45, 7) is 0.388. The fourth-order valence-electron chi connectivity index (χ4n) is 2.21. The molecule has 0 heterocycles. The van der Waals surface area contributed by atoms with Gasteiger partial charge in [-0.25, -0.2) is 4.39 Å². The van der Waals surface area contributed by atoms with Gasteiger partial charge in [0, 0.05) is 17.8 Å². The van der Waals surface area contributed by atoms with E-state index in [2.05, 4.69) is 5.32 Å². The van der Waals surface area contributed by atoms with Gasteiger partial charge in [0.25, 0.3) is 0 Å². The standard InChI is InChI=1S/C18H18FN3O2/c1-22(11-14-4-3-13(10-20)9-17(14)19)12-18(23)21-15-5-7-16(24-2)8-6-15/h3-9H,11-12H2,1-2H3,(H,21,23). The first kappa shape index (κ1) is 17.4. The Kier molecular flexibility index (Phi) is 5.88. The summed E-state index contributed by atoms with van der Waals surface area (Å²) in [6.07, 6.45) is 0. The van der Waals surface area contributed by atoms with E-state index >= 15 is 0 Å². The zero-order valence-electron chi connectivity index (χ0n) is 13.5. The Labute approximate surface area is 140 Å². The summed E-state index contributed by atoms with van der Waals surface area (Å²) in [7, 11) is 3.30. The molecule has 0 radical (unpaired) electrons. The fraction of sp³-hybridized carbons (Fsp3) is 0.222. The molecule has 0 aliphatic carbocycles. The van der Waals surface area contributed by atoms with E-state index in [4.69, 9.17) is 10.00 Å². The van der Waals surface area contributed by atoms with Crippen LogP contribution in [0.25, 0.3) is 0 Å². The number of carbonyl (C=O) groups is 1. The number of rotatable bonds is 6. The van der Waals surface area contributed by atoms with Crippen LogP contribution in [0.1, 0.15) is 11.1 Å². The minimum atomic E-state index is -0.448. The average molecular weight is 327 g/mol. The van der Waals surface area contributed by atoms with Gasteiger partial charge in [-0.1, -0.05) is 6.07 Å². The summed E-state index contributed by atoms with van der Waals surface area (Å²) in [4.78, 5) is 13.7. The largest absolute Gasteiger partial charge is 0.497 e. The van der Waals surface area contributed by atoms with Crippen LogP contribution in [0.2, 0.25) is 0 Å². The molecule has 5 nitrogen and oxygen atoms in total. The van der Waals surface area contributed by atoms with E-state index in [0.717, 1.165) is 0 Å². The molecular weight excluding hydrogens is 309 g/mol. The van der Waals surface area contributed by atoms with E-state index in [1.54, 1.807) is 55.5 Å². The molecule has 0 fully saturated rings. The van der Waals surface area contributed by atoms with Crippen LogP contribution in [-0.4, -0.2) is 31.5 Å². The van der Waals surface area contributed by atoms with Crippen LogP contribution in [-0.2, 0) is 11.3 Å². The molecule has 0 saturated carbocycles. The zero-order valence-corrected chi connectivity index (χ0v) is 13.5. The van der Waals surface area contributed by atoms with E-state index in [9.17, 15) is 9.18 Å². The van der Waals surface area contributed by atoms with Crippen LogP contribution in [0.4, 0.5) is 10.1 Å². The van der Waals surface area contributed by atoms with Crippen molar-refractivity contribution in [2.24, 2.45) is 0 Å². The zero-order chi connectivity index (χ0) is 17.5. The van der Waals surface area contributed by atoms with E-state index in [0.29, 0.717) is 17.0 Å². The second-order valence-corrected chi connectivity index (χ2v) is 5.37. The number of ether oxygens (including phenoxy) is 1. The monoisotopic (exact) mass is 327 g/mol. The molecule has 0 unspecified atom stereocenters. The van der Waals surface area contributed by atoms with Crippen molar-refractivity contribution in [3.05, 3.63) is 59.4 Å². The van der Waals surface area contributed by atoms with Crippen molar-refractivity contribution >= 4 is 11.6 Å². The van der Waals surface area contributed by atoms with Gasteiger partial charge >= 0.3 is 0 Å². The van der Waals surface area contributed by atoms with Gasteiger partial charge in [-0.2, -0.15) is 5.26 Å². The molecular formula is C18H18FN3O2. The predicted molar refractivity (Wildman–Crippen MR) is 89.1 cm³/mol. The molecule has 6 heteroatoms. The lowest BCUT2D eigenvalue weighted by molar-refractivity contribution is -0.117. The Morgan fingerprint density at radius 1 is 1.29 bits per heavy atom. The van der Waals surface area contributed by atoms with Gasteiger partial charge in [0.15, 0.2) is 0 Å². The Balaban J connectivity index is 1.90. The Morgan fingerprint density at radius 2 is 2.00 bits per heavy atom. The normalized spacial score (nSPS) is 10.3. The smallest absolute Gasteiger partial charge is 0.238 e. The molecule has 124 valence electrons. The molecule has 2 rings (SSSR count). The summed E-state index contributed by atoms with van der Waals surface area (Å²) in [5.74, 6) is 0.0644. The number of anilines is 1. The summed E-state index contributed by atoms with van der Waals surface area (Å²) >= 11 is 0. The maximum Gasteiger partial charge on any atom is 0.238 e. The van der Waals surface area contributed by atoms with Crippen LogP contribution in [0.15, 0.2) is 42.5 Å². The molecule has 0 bridgehead atoms. The molecule has 0 atom stereocenters. The molecule has 24 heavy (non-hydrogen) atoms. The summed E-state index contributed by atoms with van der Waals surface area (Å²) in [5, 5.41) is 11.5. The number of hydrogen-bond donors (Lipinski definition) is 1. The number of halogens is 1. The fourth-order valence-corrected chi connectivity index (χ4v) is 2.21. The van der Waals surface area contributed by atoms with Crippen LogP contribution < -0.4 is 10.1 Å². The van der Waals surface area contributed by atoms with Crippen molar-refractivity contribution < 1.29 is 13.9 Å². The molecule has 0 aliphatic rings. The number of carbonyl (C=O) groups excluding carboxylic acids is 1. The highest BCUT2D eigenvalue weighted by Crippen LogP contribution is 2.15. The number of nitrogens with one attached hydrogen (secondary N) is 1. The van der Waals surface area contributed by atoms with Crippen molar-refractivity contribution in [1.82, 2.24) is 4.90 Å². The summed E-state index contributed by atoms with van der Waals surface area (Å²) in [6, 6.07) is 13.2. The Hall–Kier alpha value is -2.91. The third kappa shape index (κ3) is 4.80. The van der Waals surface area contributed by atoms with Gasteiger partial charge in [0.2, 0.25) is 5.91 Å². The van der Waals surface area contributed by atoms with Gasteiger partial charge < -0.3 is 10.1 Å². The molecule has 1 N–H and O–H groups in total. The van der Waals surface area contributed by atoms with Crippen LogP contribution in [0, 0.1) is 17.1 Å². The molecule has 0 aliphatic heterocycles. The quantitative estimate of drug-likeness (QED) is 0.886. The van der Waals surface area contributed by atoms with Crippen molar-refractivity contribution in [2.75, 3.05) is 26.0 Å². The van der Waals surface area contributed by atoms with Crippen molar-refractivity contribution in [3.8, 4) is 11.8 Å². The topological polar surface area (TPSA) is 65.4 Å². The van der Waals surface area contributed by atoms with E-state index < -0.39 is 5.82 Å². The maximum atomic E-state index is 13.9. The van der Waals surface area contributed by atoms with Crippen molar-refractivity contribution in [1.29, 1.82) is 5.26 Å². The lowest BCUT2D eigenvalue weighted by Gasteiger charge is -2.17. The molecule has 2 aromatic carbocycles. The second-order valence-electron chi connectivity index (χ2n) is 5.37. The highest BCUT2D eigenvalue weighted by atomic mass is 19.1. The third-order valence-electron chi connectivity index (χ3n) is 3.41. The van der Waals surface area contributed by atoms with E-state index in [1.807, 2.05) is 6.07 Å². The number of likely N-dealkylation sites (N-methyl/N-ethyl adjacent to an activating group) is 1. The van der Waals surface area contributed by atoms with Crippen LogP contribution in [0.3, 0.4) is 0 Å². The number of nitrogens with zero attached hydrogens (tertiary/aromatic N) is 2. The van der Waals surface area contributed by atoms with Crippen LogP contribution in [0.5, 0.6) is 5.75 Å². The van der Waals surface area contributed by atoms with Gasteiger partial charge in [-0.05, 0) is 43.4 Å². The summed E-state index contributed by atoms with van der Waals surface area (Å²) < 4.78 is 18.9. The molecule has 0 spiro atoms. The molecule has 0 aromatic heterocycles. The molecule has 2 aromatic rings. The third-order valence-corrected chi connectivity index (χ3v) is 3.41. The number of methoxy groups -OCH3 is 1. The Morgan fingerprint density at radius 3 is 2.58 bits per heavy atom. The van der Waals surface area contributed by atoms with Crippen molar-refractivity contribution in [3.63, 3.8) is 0 Å². The molecule has 0 saturated heterocycles. The SMILES string of the molecule is COc1ccc(NC(=O)CN(C)Cc2ccc(C#N)cc2F)cc1. The minimum Gasteiger partial charge on any atom is -0.497 e. The minimum absolute atomic E-state index is 0.117. The number of benzene rings is 2. The predicted octanol–water partition coefficient (Wildman–Crippen LogP) is 2.78. The van der Waals surface area contributed by atoms with Gasteiger partial charge in [-0.15, -0.1) is 0 Å². The average Bonchev–Trinajstić information content (AvgIpc) is 2.57. The maximum absolute atomic E-state index is 13.9. The van der Waals surface area contributed by atoms with E-state index in [-0.39, 0.29) is 24.6 Å². The lowest BCUT2D eigenvalue weighted by Crippen LogP contribution is -2.30. The van der Waals surface area contributed by atoms with E-state index in [1.165, 1.54) is 6.07 Å². The van der Waals surface area contributed by atoms with Crippen LogP contribution >= 0.6 is 0 Å². The first-order valence-electron chi connectivity index (χ1n) is 7.33. The van der Waals surface area contributed by atoms with Gasteiger partial charge in [0.05, 0.1) is 25.3 Å². The Bertz CT molecular complexity index is 754. The molecule has 1 amide bonds. The van der Waals surface area contributed by atoms with Gasteiger partial charge in [-0.3, -0.25) is 9.69 Å². The number of hydrogen-bond acceptors (Lipinski definition) is 4. The number of amides is 1. The first-order chi connectivity index (χ1) is 11.5. The second kappa shape index (κ2) is 8.09. The summed E-state index contributed by atoms with van der Waals surface area (Å²) in [5.41, 5.74) is 1.38. The highest BCUT2D eigenvalue weighted by molar-refractivity contribution is 5.92. The first-order valence-corrected chi connectivity index (χ1v) is 7.33.